The number of carbonyl (C=O) groups is 2. The van der Waals surface area contributed by atoms with Crippen molar-refractivity contribution in [3.05, 3.63) is 54.2 Å². The molecule has 1 aliphatic heterocycles. The zero-order valence-corrected chi connectivity index (χ0v) is 14.0. The van der Waals surface area contributed by atoms with E-state index in [4.69, 9.17) is 4.42 Å². The lowest BCUT2D eigenvalue weighted by atomic mass is 10.1. The highest BCUT2D eigenvalue weighted by molar-refractivity contribution is 5.88. The van der Waals surface area contributed by atoms with Crippen molar-refractivity contribution in [2.24, 2.45) is 0 Å². The topological polar surface area (TPSA) is 87.5 Å². The molecule has 1 aliphatic rings. The Balaban J connectivity index is 1.53. The van der Waals surface area contributed by atoms with Crippen molar-refractivity contribution in [1.29, 1.82) is 0 Å². The first-order valence-corrected chi connectivity index (χ1v) is 8.42. The number of piperazine rings is 1. The molecule has 7 heteroatoms. The van der Waals surface area contributed by atoms with Crippen LogP contribution in [0.25, 0.3) is 0 Å². The SMILES string of the molecule is O=C(C[C@@H]1C(=O)NCCN1Cc1cccnc1)NCCc1ccco1. The van der Waals surface area contributed by atoms with E-state index in [1.807, 2.05) is 29.2 Å². The molecule has 2 aromatic heterocycles. The molecule has 3 heterocycles. The van der Waals surface area contributed by atoms with E-state index in [-0.39, 0.29) is 18.2 Å². The van der Waals surface area contributed by atoms with Gasteiger partial charge in [0.25, 0.3) is 0 Å². The van der Waals surface area contributed by atoms with Gasteiger partial charge in [0.05, 0.1) is 18.7 Å². The fourth-order valence-corrected chi connectivity index (χ4v) is 2.93. The summed E-state index contributed by atoms with van der Waals surface area (Å²) < 4.78 is 5.24. The molecule has 25 heavy (non-hydrogen) atoms. The Kier molecular flexibility index (Phi) is 5.79. The number of nitrogens with one attached hydrogen (secondary N) is 2. The number of aromatic nitrogens is 1. The van der Waals surface area contributed by atoms with Crippen LogP contribution in [0, 0.1) is 0 Å². The van der Waals surface area contributed by atoms with Gasteiger partial charge in [-0.2, -0.15) is 0 Å². The number of hydrogen-bond donors (Lipinski definition) is 2. The number of furan rings is 1. The number of carbonyl (C=O) groups excluding carboxylic acids is 2. The molecule has 1 atom stereocenters. The summed E-state index contributed by atoms with van der Waals surface area (Å²) in [6, 6.07) is 7.07. The average molecular weight is 342 g/mol. The number of rotatable bonds is 7. The number of amides is 2. The number of hydrogen-bond acceptors (Lipinski definition) is 5. The Morgan fingerprint density at radius 1 is 1.40 bits per heavy atom. The van der Waals surface area contributed by atoms with E-state index in [0.29, 0.717) is 32.6 Å². The maximum absolute atomic E-state index is 12.2. The Labute approximate surface area is 146 Å². The molecule has 2 aromatic rings. The molecule has 132 valence electrons. The van der Waals surface area contributed by atoms with Gasteiger partial charge in [0.2, 0.25) is 11.8 Å². The van der Waals surface area contributed by atoms with Crippen molar-refractivity contribution in [3.8, 4) is 0 Å². The summed E-state index contributed by atoms with van der Waals surface area (Å²) in [7, 11) is 0. The van der Waals surface area contributed by atoms with E-state index in [2.05, 4.69) is 15.6 Å². The second-order valence-electron chi connectivity index (χ2n) is 6.02. The third-order valence-electron chi connectivity index (χ3n) is 4.20. The molecule has 2 N–H and O–H groups in total. The summed E-state index contributed by atoms with van der Waals surface area (Å²) in [5.41, 5.74) is 1.03. The van der Waals surface area contributed by atoms with Crippen LogP contribution < -0.4 is 10.6 Å². The third-order valence-corrected chi connectivity index (χ3v) is 4.20. The second kappa shape index (κ2) is 8.43. The largest absolute Gasteiger partial charge is 0.469 e. The minimum absolute atomic E-state index is 0.101. The van der Waals surface area contributed by atoms with Crippen molar-refractivity contribution in [3.63, 3.8) is 0 Å². The predicted molar refractivity (Wildman–Crippen MR) is 91.5 cm³/mol. The van der Waals surface area contributed by atoms with Crippen LogP contribution in [0.4, 0.5) is 0 Å². The van der Waals surface area contributed by atoms with Crippen LogP contribution in [0.1, 0.15) is 17.7 Å². The number of pyridine rings is 1. The minimum Gasteiger partial charge on any atom is -0.469 e. The molecule has 3 rings (SSSR count). The highest BCUT2D eigenvalue weighted by Crippen LogP contribution is 2.13. The summed E-state index contributed by atoms with van der Waals surface area (Å²) >= 11 is 0. The predicted octanol–water partition coefficient (Wildman–Crippen LogP) is 0.724. The first kappa shape index (κ1) is 17.2. The van der Waals surface area contributed by atoms with Crippen LogP contribution >= 0.6 is 0 Å². The lowest BCUT2D eigenvalue weighted by molar-refractivity contribution is -0.134. The van der Waals surface area contributed by atoms with E-state index in [9.17, 15) is 9.59 Å². The van der Waals surface area contributed by atoms with Crippen LogP contribution in [-0.4, -0.2) is 47.4 Å². The molecule has 1 fully saturated rings. The first-order chi connectivity index (χ1) is 12.2. The third kappa shape index (κ3) is 4.90. The molecule has 0 aliphatic carbocycles. The highest BCUT2D eigenvalue weighted by atomic mass is 16.3. The molecule has 0 unspecified atom stereocenters. The lowest BCUT2D eigenvalue weighted by Gasteiger charge is -2.34. The summed E-state index contributed by atoms with van der Waals surface area (Å²) in [5, 5.41) is 5.70. The zero-order chi connectivity index (χ0) is 17.5. The molecule has 0 radical (unpaired) electrons. The Bertz CT molecular complexity index is 688. The van der Waals surface area contributed by atoms with E-state index >= 15 is 0 Å². The van der Waals surface area contributed by atoms with Crippen molar-refractivity contribution < 1.29 is 14.0 Å². The van der Waals surface area contributed by atoms with E-state index in [0.717, 1.165) is 11.3 Å². The van der Waals surface area contributed by atoms with Gasteiger partial charge >= 0.3 is 0 Å². The molecular weight excluding hydrogens is 320 g/mol. The minimum atomic E-state index is -0.461. The van der Waals surface area contributed by atoms with Gasteiger partial charge in [-0.3, -0.25) is 19.5 Å². The van der Waals surface area contributed by atoms with E-state index < -0.39 is 6.04 Å². The van der Waals surface area contributed by atoms with Crippen LogP contribution in [0.15, 0.2) is 47.3 Å². The first-order valence-electron chi connectivity index (χ1n) is 8.42. The van der Waals surface area contributed by atoms with Crippen molar-refractivity contribution in [1.82, 2.24) is 20.5 Å². The summed E-state index contributed by atoms with van der Waals surface area (Å²) in [5.74, 6) is 0.593. The molecule has 1 saturated heterocycles. The molecular formula is C18H22N4O3. The molecule has 0 bridgehead atoms. The molecule has 0 aromatic carbocycles. The highest BCUT2D eigenvalue weighted by Gasteiger charge is 2.31. The summed E-state index contributed by atoms with van der Waals surface area (Å²) in [4.78, 5) is 30.6. The van der Waals surface area contributed by atoms with Gasteiger partial charge in [0.15, 0.2) is 0 Å². The monoisotopic (exact) mass is 342 g/mol. The van der Waals surface area contributed by atoms with Crippen LogP contribution in [-0.2, 0) is 22.6 Å². The normalized spacial score (nSPS) is 17.9. The van der Waals surface area contributed by atoms with Gasteiger partial charge in [-0.1, -0.05) is 6.07 Å². The molecule has 0 saturated carbocycles. The zero-order valence-electron chi connectivity index (χ0n) is 14.0. The van der Waals surface area contributed by atoms with Gasteiger partial charge in [0.1, 0.15) is 5.76 Å². The molecule has 2 amide bonds. The quantitative estimate of drug-likeness (QED) is 0.774. The number of nitrogens with zero attached hydrogens (tertiary/aromatic N) is 2. The van der Waals surface area contributed by atoms with Gasteiger partial charge in [-0.25, -0.2) is 0 Å². The van der Waals surface area contributed by atoms with Gasteiger partial charge < -0.3 is 15.1 Å². The van der Waals surface area contributed by atoms with Crippen molar-refractivity contribution >= 4 is 11.8 Å². The molecule has 0 spiro atoms. The maximum atomic E-state index is 12.2. The summed E-state index contributed by atoms with van der Waals surface area (Å²) in [6.07, 6.45) is 5.89. The van der Waals surface area contributed by atoms with Crippen LogP contribution in [0.2, 0.25) is 0 Å². The van der Waals surface area contributed by atoms with Crippen molar-refractivity contribution in [2.75, 3.05) is 19.6 Å². The van der Waals surface area contributed by atoms with Crippen LogP contribution in [0.5, 0.6) is 0 Å². The Morgan fingerprint density at radius 3 is 3.08 bits per heavy atom. The van der Waals surface area contributed by atoms with Crippen LogP contribution in [0.3, 0.4) is 0 Å². The smallest absolute Gasteiger partial charge is 0.237 e. The average Bonchev–Trinajstić information content (AvgIpc) is 3.12. The Morgan fingerprint density at radius 2 is 2.32 bits per heavy atom. The standard InChI is InChI=1S/C18H22N4O3/c23-17(20-7-5-15-4-2-10-25-15)11-16-18(24)21-8-9-22(16)13-14-3-1-6-19-12-14/h1-4,6,10,12,16H,5,7-9,11,13H2,(H,20,23)(H,21,24)/t16-/m1/s1. The van der Waals surface area contributed by atoms with Gasteiger partial charge in [0, 0.05) is 45.0 Å². The second-order valence-corrected chi connectivity index (χ2v) is 6.02. The molecule has 7 nitrogen and oxygen atoms in total. The van der Waals surface area contributed by atoms with E-state index in [1.54, 1.807) is 18.7 Å². The Hall–Kier alpha value is -2.67. The fourth-order valence-electron chi connectivity index (χ4n) is 2.93. The van der Waals surface area contributed by atoms with Gasteiger partial charge in [-0.05, 0) is 23.8 Å². The summed E-state index contributed by atoms with van der Waals surface area (Å²) in [6.45, 7) is 2.40. The fraction of sp³-hybridized carbons (Fsp3) is 0.389. The lowest BCUT2D eigenvalue weighted by Crippen LogP contribution is -2.56. The van der Waals surface area contributed by atoms with E-state index in [1.165, 1.54) is 0 Å². The van der Waals surface area contributed by atoms with Crippen molar-refractivity contribution in [2.45, 2.75) is 25.4 Å². The maximum Gasteiger partial charge on any atom is 0.237 e. The van der Waals surface area contributed by atoms with Gasteiger partial charge in [-0.15, -0.1) is 0 Å².